The van der Waals surface area contributed by atoms with Gasteiger partial charge in [-0.1, -0.05) is 29.8 Å². The zero-order valence-electron chi connectivity index (χ0n) is 12.4. The van der Waals surface area contributed by atoms with E-state index in [-0.39, 0.29) is 0 Å². The van der Waals surface area contributed by atoms with E-state index in [1.807, 2.05) is 18.3 Å². The van der Waals surface area contributed by atoms with Gasteiger partial charge in [0.15, 0.2) is 5.65 Å². The number of rotatable bonds is 5. The highest BCUT2D eigenvalue weighted by Gasteiger charge is 2.11. The number of aryl methyl sites for hydroxylation is 1. The number of ether oxygens (including phenoxy) is 1. The van der Waals surface area contributed by atoms with E-state index < -0.39 is 0 Å². The van der Waals surface area contributed by atoms with E-state index >= 15 is 0 Å². The van der Waals surface area contributed by atoms with E-state index in [2.05, 4.69) is 40.7 Å². The Balaban J connectivity index is 2.00. The fourth-order valence-corrected chi connectivity index (χ4v) is 2.56. The molecule has 108 valence electrons. The average molecular weight is 281 g/mol. The largest absolute Gasteiger partial charge is 0.383 e. The monoisotopic (exact) mass is 281 g/mol. The van der Waals surface area contributed by atoms with E-state index in [0.29, 0.717) is 6.61 Å². The van der Waals surface area contributed by atoms with Crippen LogP contribution in [0.25, 0.3) is 11.2 Å². The second kappa shape index (κ2) is 6.06. The van der Waals surface area contributed by atoms with Crippen molar-refractivity contribution in [2.75, 3.05) is 13.7 Å². The number of benzene rings is 1. The molecule has 0 spiro atoms. The van der Waals surface area contributed by atoms with Crippen LogP contribution in [0.1, 0.15) is 17.0 Å². The molecule has 3 rings (SSSR count). The highest BCUT2D eigenvalue weighted by atomic mass is 16.5. The first-order valence-corrected chi connectivity index (χ1v) is 7.12. The molecule has 2 heterocycles. The van der Waals surface area contributed by atoms with Crippen LogP contribution in [-0.4, -0.2) is 28.3 Å². The van der Waals surface area contributed by atoms with Crippen LogP contribution >= 0.6 is 0 Å². The molecule has 0 atom stereocenters. The van der Waals surface area contributed by atoms with Crippen molar-refractivity contribution in [1.29, 1.82) is 0 Å². The van der Waals surface area contributed by atoms with Crippen molar-refractivity contribution in [3.63, 3.8) is 0 Å². The Bertz CT molecular complexity index is 749. The van der Waals surface area contributed by atoms with E-state index in [0.717, 1.165) is 30.0 Å². The minimum atomic E-state index is 0.656. The molecule has 0 saturated carbocycles. The van der Waals surface area contributed by atoms with E-state index in [4.69, 9.17) is 9.72 Å². The van der Waals surface area contributed by atoms with Crippen molar-refractivity contribution in [2.24, 2.45) is 0 Å². The SMILES string of the molecule is COCCn1c(Cc2cccc(C)c2)nc2cccnc21. The van der Waals surface area contributed by atoms with E-state index in [1.54, 1.807) is 7.11 Å². The van der Waals surface area contributed by atoms with Crippen LogP contribution in [-0.2, 0) is 17.7 Å². The quantitative estimate of drug-likeness (QED) is 0.722. The maximum Gasteiger partial charge on any atom is 0.160 e. The number of pyridine rings is 1. The summed E-state index contributed by atoms with van der Waals surface area (Å²) in [5.41, 5.74) is 4.41. The molecular weight excluding hydrogens is 262 g/mol. The molecule has 4 nitrogen and oxygen atoms in total. The lowest BCUT2D eigenvalue weighted by Crippen LogP contribution is -2.09. The minimum Gasteiger partial charge on any atom is -0.383 e. The summed E-state index contributed by atoms with van der Waals surface area (Å²) in [7, 11) is 1.72. The summed E-state index contributed by atoms with van der Waals surface area (Å²) in [6.07, 6.45) is 2.62. The summed E-state index contributed by atoms with van der Waals surface area (Å²) in [5.74, 6) is 1.03. The summed E-state index contributed by atoms with van der Waals surface area (Å²) in [6.45, 7) is 3.53. The minimum absolute atomic E-state index is 0.656. The van der Waals surface area contributed by atoms with E-state index in [1.165, 1.54) is 11.1 Å². The van der Waals surface area contributed by atoms with Gasteiger partial charge in [-0.15, -0.1) is 0 Å². The Labute approximate surface area is 124 Å². The molecule has 0 N–H and O–H groups in total. The number of hydrogen-bond donors (Lipinski definition) is 0. The Morgan fingerprint density at radius 3 is 2.90 bits per heavy atom. The van der Waals surface area contributed by atoms with Gasteiger partial charge in [0.25, 0.3) is 0 Å². The molecule has 21 heavy (non-hydrogen) atoms. The summed E-state index contributed by atoms with van der Waals surface area (Å²) >= 11 is 0. The molecule has 0 radical (unpaired) electrons. The Morgan fingerprint density at radius 2 is 2.10 bits per heavy atom. The van der Waals surface area contributed by atoms with Crippen molar-refractivity contribution in [2.45, 2.75) is 19.9 Å². The summed E-state index contributed by atoms with van der Waals surface area (Å²) < 4.78 is 7.37. The second-order valence-corrected chi connectivity index (χ2v) is 5.18. The third kappa shape index (κ3) is 2.95. The predicted octanol–water partition coefficient (Wildman–Crippen LogP) is 2.98. The molecule has 0 unspecified atom stereocenters. The molecule has 3 aromatic rings. The molecular formula is C17H19N3O. The number of fused-ring (bicyclic) bond motifs is 1. The highest BCUT2D eigenvalue weighted by Crippen LogP contribution is 2.17. The molecule has 0 saturated heterocycles. The zero-order valence-corrected chi connectivity index (χ0v) is 12.4. The maximum atomic E-state index is 5.21. The number of aromatic nitrogens is 3. The molecule has 0 aliphatic rings. The van der Waals surface area contributed by atoms with Crippen molar-refractivity contribution >= 4 is 11.2 Å². The van der Waals surface area contributed by atoms with Crippen molar-refractivity contribution < 1.29 is 4.74 Å². The standard InChI is InChI=1S/C17H19N3O/c1-13-5-3-6-14(11-13)12-16-19-15-7-4-8-18-17(15)20(16)9-10-21-2/h3-8,11H,9-10,12H2,1-2H3. The molecule has 0 fully saturated rings. The van der Waals surface area contributed by atoms with Gasteiger partial charge in [0, 0.05) is 26.3 Å². The van der Waals surface area contributed by atoms with Gasteiger partial charge in [0.2, 0.25) is 0 Å². The lowest BCUT2D eigenvalue weighted by molar-refractivity contribution is 0.187. The first kappa shape index (κ1) is 13.8. The molecule has 0 aliphatic heterocycles. The molecule has 0 bridgehead atoms. The summed E-state index contributed by atoms with van der Waals surface area (Å²) in [5, 5.41) is 0. The van der Waals surface area contributed by atoms with Gasteiger partial charge in [-0.2, -0.15) is 0 Å². The van der Waals surface area contributed by atoms with Gasteiger partial charge in [0.05, 0.1) is 6.61 Å². The van der Waals surface area contributed by atoms with Crippen molar-refractivity contribution in [1.82, 2.24) is 14.5 Å². The van der Waals surface area contributed by atoms with Crippen LogP contribution in [0.15, 0.2) is 42.6 Å². The normalized spacial score (nSPS) is 11.1. The van der Waals surface area contributed by atoms with Crippen LogP contribution in [0, 0.1) is 6.92 Å². The van der Waals surface area contributed by atoms with E-state index in [9.17, 15) is 0 Å². The fourth-order valence-electron chi connectivity index (χ4n) is 2.56. The molecule has 4 heteroatoms. The van der Waals surface area contributed by atoms with Crippen LogP contribution in [0.2, 0.25) is 0 Å². The number of nitrogens with zero attached hydrogens (tertiary/aromatic N) is 3. The third-order valence-electron chi connectivity index (χ3n) is 3.55. The first-order valence-electron chi connectivity index (χ1n) is 7.12. The van der Waals surface area contributed by atoms with Crippen molar-refractivity contribution in [3.05, 3.63) is 59.5 Å². The lowest BCUT2D eigenvalue weighted by Gasteiger charge is -2.08. The Hall–Kier alpha value is -2.20. The van der Waals surface area contributed by atoms with Gasteiger partial charge in [0.1, 0.15) is 11.3 Å². The second-order valence-electron chi connectivity index (χ2n) is 5.18. The van der Waals surface area contributed by atoms with Crippen molar-refractivity contribution in [3.8, 4) is 0 Å². The van der Waals surface area contributed by atoms with Gasteiger partial charge in [-0.25, -0.2) is 9.97 Å². The smallest absolute Gasteiger partial charge is 0.160 e. The van der Waals surface area contributed by atoms with Crippen LogP contribution in [0.5, 0.6) is 0 Å². The number of hydrogen-bond acceptors (Lipinski definition) is 3. The predicted molar refractivity (Wildman–Crippen MR) is 83.4 cm³/mol. The Morgan fingerprint density at radius 1 is 1.19 bits per heavy atom. The van der Waals surface area contributed by atoms with Crippen LogP contribution < -0.4 is 0 Å². The zero-order chi connectivity index (χ0) is 14.7. The van der Waals surface area contributed by atoms with Gasteiger partial charge < -0.3 is 9.30 Å². The Kier molecular flexibility index (Phi) is 3.97. The number of imidazole rings is 1. The van der Waals surface area contributed by atoms with Crippen LogP contribution in [0.3, 0.4) is 0 Å². The molecule has 1 aromatic carbocycles. The van der Waals surface area contributed by atoms with Gasteiger partial charge in [-0.05, 0) is 24.6 Å². The van der Waals surface area contributed by atoms with Crippen LogP contribution in [0.4, 0.5) is 0 Å². The first-order chi connectivity index (χ1) is 10.3. The maximum absolute atomic E-state index is 5.21. The summed E-state index contributed by atoms with van der Waals surface area (Å²) in [6, 6.07) is 12.5. The molecule has 0 amide bonds. The molecule has 0 aliphatic carbocycles. The third-order valence-corrected chi connectivity index (χ3v) is 3.55. The summed E-state index contributed by atoms with van der Waals surface area (Å²) in [4.78, 5) is 9.19. The van der Waals surface area contributed by atoms with Gasteiger partial charge in [-0.3, -0.25) is 0 Å². The lowest BCUT2D eigenvalue weighted by atomic mass is 10.1. The molecule has 2 aromatic heterocycles. The topological polar surface area (TPSA) is 39.9 Å². The number of methoxy groups -OCH3 is 1. The highest BCUT2D eigenvalue weighted by molar-refractivity contribution is 5.71. The van der Waals surface area contributed by atoms with Gasteiger partial charge >= 0.3 is 0 Å². The average Bonchev–Trinajstić information content (AvgIpc) is 2.82. The fraction of sp³-hybridized carbons (Fsp3) is 0.294.